The molecule has 0 atom stereocenters. The Hall–Kier alpha value is -2.55. The summed E-state index contributed by atoms with van der Waals surface area (Å²) in [5, 5.41) is 0.710. The molecular formula is C21H25F3N4O2. The summed E-state index contributed by atoms with van der Waals surface area (Å²) in [4.78, 5) is 22.7. The first-order valence-corrected chi connectivity index (χ1v) is 10.1. The van der Waals surface area contributed by atoms with Gasteiger partial charge in [0.25, 0.3) is 0 Å². The molecule has 0 bridgehead atoms. The molecule has 162 valence electrons. The van der Waals surface area contributed by atoms with E-state index in [1.807, 2.05) is 22.9 Å². The first kappa shape index (κ1) is 20.7. The maximum atomic E-state index is 13.0. The summed E-state index contributed by atoms with van der Waals surface area (Å²) in [7, 11) is 1.85. The lowest BCUT2D eigenvalue weighted by molar-refractivity contribution is -0.137. The molecule has 0 saturated carbocycles. The average molecular weight is 422 g/mol. The zero-order valence-electron chi connectivity index (χ0n) is 16.9. The Morgan fingerprint density at radius 2 is 1.83 bits per heavy atom. The van der Waals surface area contributed by atoms with Crippen LogP contribution in [0.4, 0.5) is 23.7 Å². The molecule has 0 unspecified atom stereocenters. The number of ether oxygens (including phenoxy) is 1. The topological polar surface area (TPSA) is 48.9 Å². The number of fused-ring (bicyclic) bond motifs is 1. The minimum atomic E-state index is -4.39. The van der Waals surface area contributed by atoms with Gasteiger partial charge in [0.1, 0.15) is 0 Å². The molecule has 2 fully saturated rings. The van der Waals surface area contributed by atoms with Crippen LogP contribution in [0.1, 0.15) is 18.4 Å². The lowest BCUT2D eigenvalue weighted by atomic mass is 10.0. The van der Waals surface area contributed by atoms with Crippen molar-refractivity contribution in [1.29, 1.82) is 0 Å². The van der Waals surface area contributed by atoms with E-state index in [9.17, 15) is 18.0 Å². The number of benzene rings is 1. The van der Waals surface area contributed by atoms with Gasteiger partial charge in [0.2, 0.25) is 0 Å². The van der Waals surface area contributed by atoms with Crippen molar-refractivity contribution >= 4 is 22.6 Å². The number of rotatable bonds is 2. The van der Waals surface area contributed by atoms with Crippen LogP contribution in [-0.4, -0.2) is 73.3 Å². The van der Waals surface area contributed by atoms with Crippen LogP contribution in [0.2, 0.25) is 0 Å². The van der Waals surface area contributed by atoms with E-state index in [4.69, 9.17) is 4.74 Å². The number of pyridine rings is 1. The number of piperidine rings is 1. The highest BCUT2D eigenvalue weighted by molar-refractivity contribution is 5.92. The van der Waals surface area contributed by atoms with Crippen molar-refractivity contribution in [3.05, 3.63) is 36.0 Å². The van der Waals surface area contributed by atoms with Crippen molar-refractivity contribution in [2.24, 2.45) is 0 Å². The molecule has 4 rings (SSSR count). The van der Waals surface area contributed by atoms with Gasteiger partial charge in [0.15, 0.2) is 0 Å². The molecule has 0 N–H and O–H groups in total. The summed E-state index contributed by atoms with van der Waals surface area (Å²) in [6.07, 6.45) is -1.23. The average Bonchev–Trinajstić information content (AvgIpc) is 2.77. The second-order valence-corrected chi connectivity index (χ2v) is 7.77. The number of alkyl halides is 3. The normalized spacial score (nSPS) is 18.7. The van der Waals surface area contributed by atoms with Crippen LogP contribution < -0.4 is 4.90 Å². The molecule has 2 aromatic rings. The van der Waals surface area contributed by atoms with E-state index in [1.54, 1.807) is 6.20 Å². The van der Waals surface area contributed by atoms with Crippen molar-refractivity contribution in [2.45, 2.75) is 25.1 Å². The quantitative estimate of drug-likeness (QED) is 0.742. The number of halogens is 3. The van der Waals surface area contributed by atoms with Crippen LogP contribution in [0.5, 0.6) is 0 Å². The van der Waals surface area contributed by atoms with Crippen LogP contribution in [0.25, 0.3) is 10.9 Å². The number of nitrogens with zero attached hydrogens (tertiary/aromatic N) is 4. The van der Waals surface area contributed by atoms with Crippen LogP contribution in [-0.2, 0) is 10.9 Å². The Bertz CT molecular complexity index is 907. The third-order valence-electron chi connectivity index (χ3n) is 5.98. The number of urea groups is 1. The molecule has 6 nitrogen and oxygen atoms in total. The largest absolute Gasteiger partial charge is 0.416 e. The van der Waals surface area contributed by atoms with E-state index in [0.717, 1.165) is 43.8 Å². The van der Waals surface area contributed by atoms with Crippen LogP contribution in [0, 0.1) is 0 Å². The molecule has 9 heteroatoms. The van der Waals surface area contributed by atoms with E-state index in [-0.39, 0.29) is 12.1 Å². The van der Waals surface area contributed by atoms with Crippen molar-refractivity contribution in [2.75, 3.05) is 51.3 Å². The van der Waals surface area contributed by atoms with Gasteiger partial charge >= 0.3 is 12.2 Å². The van der Waals surface area contributed by atoms with Gasteiger partial charge in [0.05, 0.1) is 24.3 Å². The smallest absolute Gasteiger partial charge is 0.378 e. The molecule has 2 aliphatic rings. The molecule has 3 heterocycles. The first-order chi connectivity index (χ1) is 14.3. The van der Waals surface area contributed by atoms with Gasteiger partial charge in [0, 0.05) is 56.5 Å². The molecular weight excluding hydrogens is 397 g/mol. The van der Waals surface area contributed by atoms with Crippen molar-refractivity contribution in [1.82, 2.24) is 14.8 Å². The predicted molar refractivity (Wildman–Crippen MR) is 108 cm³/mol. The number of hydrogen-bond acceptors (Lipinski definition) is 4. The van der Waals surface area contributed by atoms with Gasteiger partial charge in [-0.25, -0.2) is 4.79 Å². The van der Waals surface area contributed by atoms with Crippen molar-refractivity contribution < 1.29 is 22.7 Å². The predicted octanol–water partition coefficient (Wildman–Crippen LogP) is 3.61. The Morgan fingerprint density at radius 1 is 1.13 bits per heavy atom. The van der Waals surface area contributed by atoms with Gasteiger partial charge in [-0.15, -0.1) is 0 Å². The maximum absolute atomic E-state index is 13.0. The second kappa shape index (κ2) is 8.29. The number of morpholine rings is 1. The molecule has 2 aliphatic heterocycles. The summed E-state index contributed by atoms with van der Waals surface area (Å²) in [5.41, 5.74) is 0.528. The second-order valence-electron chi connectivity index (χ2n) is 7.77. The Kier molecular flexibility index (Phi) is 5.73. The monoisotopic (exact) mass is 422 g/mol. The maximum Gasteiger partial charge on any atom is 0.416 e. The summed E-state index contributed by atoms with van der Waals surface area (Å²) in [6.45, 7) is 3.83. The summed E-state index contributed by atoms with van der Waals surface area (Å²) < 4.78 is 44.3. The van der Waals surface area contributed by atoms with E-state index in [2.05, 4.69) is 9.88 Å². The first-order valence-electron chi connectivity index (χ1n) is 10.1. The van der Waals surface area contributed by atoms with E-state index < -0.39 is 11.7 Å². The fourth-order valence-corrected chi connectivity index (χ4v) is 4.21. The Labute approximate surface area is 173 Å². The molecule has 2 amide bonds. The lowest BCUT2D eigenvalue weighted by Gasteiger charge is -2.40. The summed E-state index contributed by atoms with van der Waals surface area (Å²) in [6, 6.07) is 5.72. The number of hydrogen-bond donors (Lipinski definition) is 0. The number of aromatic nitrogens is 1. The lowest BCUT2D eigenvalue weighted by Crippen LogP contribution is -2.52. The number of anilines is 1. The standard InChI is InChI=1S/C21H25F3N4O2/c1-26(20(29)28-10-12-30-13-11-28)16-5-8-27(9-6-16)19-4-7-25-18-14-15(21(22,23)24)2-3-17(18)19/h2-4,7,14,16H,5-6,8-13H2,1H3. The molecule has 0 spiro atoms. The van der Waals surface area contributed by atoms with Gasteiger partial charge in [-0.3, -0.25) is 4.98 Å². The van der Waals surface area contributed by atoms with E-state index >= 15 is 0 Å². The van der Waals surface area contributed by atoms with Gasteiger partial charge < -0.3 is 19.4 Å². The van der Waals surface area contributed by atoms with Gasteiger partial charge in [-0.1, -0.05) is 6.07 Å². The zero-order valence-corrected chi connectivity index (χ0v) is 16.9. The van der Waals surface area contributed by atoms with Gasteiger partial charge in [-0.2, -0.15) is 13.2 Å². The van der Waals surface area contributed by atoms with Crippen molar-refractivity contribution in [3.63, 3.8) is 0 Å². The molecule has 0 radical (unpaired) electrons. The van der Waals surface area contributed by atoms with Crippen molar-refractivity contribution in [3.8, 4) is 0 Å². The SMILES string of the molecule is CN(C(=O)N1CCOCC1)C1CCN(c2ccnc3cc(C(F)(F)F)ccc23)CC1. The molecule has 1 aromatic carbocycles. The van der Waals surface area contributed by atoms with Crippen LogP contribution >= 0.6 is 0 Å². The van der Waals surface area contributed by atoms with Crippen LogP contribution in [0.15, 0.2) is 30.5 Å². The third-order valence-corrected chi connectivity index (χ3v) is 5.98. The van der Waals surface area contributed by atoms with Crippen LogP contribution in [0.3, 0.4) is 0 Å². The Balaban J connectivity index is 1.45. The highest BCUT2D eigenvalue weighted by Gasteiger charge is 2.32. The highest BCUT2D eigenvalue weighted by atomic mass is 19.4. The minimum Gasteiger partial charge on any atom is -0.378 e. The number of carbonyl (C=O) groups excluding carboxylic acids is 1. The zero-order chi connectivity index (χ0) is 21.3. The fourth-order valence-electron chi connectivity index (χ4n) is 4.21. The molecule has 30 heavy (non-hydrogen) atoms. The molecule has 0 aliphatic carbocycles. The minimum absolute atomic E-state index is 0.0331. The van der Waals surface area contributed by atoms with Gasteiger partial charge in [-0.05, 0) is 31.0 Å². The van der Waals surface area contributed by atoms with E-state index in [1.165, 1.54) is 6.07 Å². The number of amides is 2. The molecule has 2 saturated heterocycles. The fraction of sp³-hybridized carbons (Fsp3) is 0.524. The Morgan fingerprint density at radius 3 is 2.50 bits per heavy atom. The summed E-state index contributed by atoms with van der Waals surface area (Å²) >= 11 is 0. The van der Waals surface area contributed by atoms with E-state index in [0.29, 0.717) is 37.2 Å². The summed E-state index contributed by atoms with van der Waals surface area (Å²) in [5.74, 6) is 0. The highest BCUT2D eigenvalue weighted by Crippen LogP contribution is 2.34. The molecule has 1 aromatic heterocycles. The third kappa shape index (κ3) is 4.16. The number of carbonyl (C=O) groups is 1.